The highest BCUT2D eigenvalue weighted by molar-refractivity contribution is 9.10. The fourth-order valence-electron chi connectivity index (χ4n) is 1.82. The zero-order valence-corrected chi connectivity index (χ0v) is 12.6. The van der Waals surface area contributed by atoms with Crippen molar-refractivity contribution in [3.05, 3.63) is 68.7 Å². The fraction of sp³-hybridized carbons (Fsp3) is 0.200. The summed E-state index contributed by atoms with van der Waals surface area (Å²) < 4.78 is 0.944. The van der Waals surface area contributed by atoms with Crippen LogP contribution in [-0.4, -0.2) is 0 Å². The van der Waals surface area contributed by atoms with Crippen molar-refractivity contribution in [3.8, 4) is 0 Å². The number of rotatable bonds is 4. The van der Waals surface area contributed by atoms with Gasteiger partial charge < -0.3 is 5.32 Å². The van der Waals surface area contributed by atoms with Gasteiger partial charge in [0.1, 0.15) is 0 Å². The molecule has 0 saturated heterocycles. The van der Waals surface area contributed by atoms with Gasteiger partial charge in [0, 0.05) is 17.6 Å². The lowest BCUT2D eigenvalue weighted by molar-refractivity contribution is 0.693. The van der Waals surface area contributed by atoms with Crippen molar-refractivity contribution >= 4 is 27.5 Å². The third-order valence-corrected chi connectivity index (χ3v) is 3.94. The van der Waals surface area contributed by atoms with Gasteiger partial charge in [-0.3, -0.25) is 0 Å². The number of aryl methyl sites for hydroxylation is 1. The monoisotopic (exact) mass is 323 g/mol. The Morgan fingerprint density at radius 2 is 1.78 bits per heavy atom. The van der Waals surface area contributed by atoms with Crippen LogP contribution in [0.1, 0.15) is 16.7 Å². The van der Waals surface area contributed by atoms with Crippen LogP contribution < -0.4 is 5.32 Å². The SMILES string of the molecule is Cc1cccc(CNCc2ccc(Cl)c(Br)c2)c1. The predicted octanol–water partition coefficient (Wildman–Crippen LogP) is 4.70. The molecule has 0 amide bonds. The molecule has 0 bridgehead atoms. The van der Waals surface area contributed by atoms with Crippen LogP contribution in [-0.2, 0) is 13.1 Å². The van der Waals surface area contributed by atoms with Crippen LogP contribution in [0, 0.1) is 6.92 Å². The van der Waals surface area contributed by atoms with E-state index in [1.165, 1.54) is 16.7 Å². The largest absolute Gasteiger partial charge is 0.309 e. The summed E-state index contributed by atoms with van der Waals surface area (Å²) in [7, 11) is 0. The molecular formula is C15H15BrClN. The summed E-state index contributed by atoms with van der Waals surface area (Å²) in [6.45, 7) is 3.82. The first-order valence-corrected chi connectivity index (χ1v) is 7.02. The van der Waals surface area contributed by atoms with E-state index in [4.69, 9.17) is 11.6 Å². The lowest BCUT2D eigenvalue weighted by atomic mass is 10.1. The highest BCUT2D eigenvalue weighted by Crippen LogP contribution is 2.23. The maximum Gasteiger partial charge on any atom is 0.0548 e. The Morgan fingerprint density at radius 3 is 2.44 bits per heavy atom. The molecule has 0 aliphatic heterocycles. The molecule has 0 heterocycles. The molecule has 0 atom stereocenters. The van der Waals surface area contributed by atoms with Crippen LogP contribution in [0.15, 0.2) is 46.9 Å². The maximum atomic E-state index is 5.96. The molecule has 2 aromatic rings. The molecule has 2 aromatic carbocycles. The van der Waals surface area contributed by atoms with Crippen molar-refractivity contribution in [2.24, 2.45) is 0 Å². The molecule has 18 heavy (non-hydrogen) atoms. The molecular weight excluding hydrogens is 310 g/mol. The lowest BCUT2D eigenvalue weighted by Gasteiger charge is -2.07. The minimum atomic E-state index is 0.748. The van der Waals surface area contributed by atoms with Gasteiger partial charge in [0.15, 0.2) is 0 Å². The smallest absolute Gasteiger partial charge is 0.0548 e. The predicted molar refractivity (Wildman–Crippen MR) is 80.9 cm³/mol. The van der Waals surface area contributed by atoms with E-state index in [1.54, 1.807) is 0 Å². The minimum absolute atomic E-state index is 0.748. The summed E-state index contributed by atoms with van der Waals surface area (Å²) in [5.74, 6) is 0. The molecule has 0 unspecified atom stereocenters. The van der Waals surface area contributed by atoms with Crippen LogP contribution in [0.5, 0.6) is 0 Å². The Bertz CT molecular complexity index is 540. The summed E-state index contributed by atoms with van der Waals surface area (Å²) in [5.41, 5.74) is 3.82. The summed E-state index contributed by atoms with van der Waals surface area (Å²) in [6.07, 6.45) is 0. The van der Waals surface area contributed by atoms with Crippen molar-refractivity contribution in [3.63, 3.8) is 0 Å². The highest BCUT2D eigenvalue weighted by atomic mass is 79.9. The second-order valence-electron chi connectivity index (χ2n) is 4.34. The normalized spacial score (nSPS) is 10.6. The number of benzene rings is 2. The van der Waals surface area contributed by atoms with Gasteiger partial charge in [-0.05, 0) is 46.1 Å². The summed E-state index contributed by atoms with van der Waals surface area (Å²) in [4.78, 5) is 0. The molecule has 94 valence electrons. The Balaban J connectivity index is 1.90. The maximum absolute atomic E-state index is 5.96. The van der Waals surface area contributed by atoms with Crippen LogP contribution in [0.4, 0.5) is 0 Å². The number of nitrogens with one attached hydrogen (secondary N) is 1. The quantitative estimate of drug-likeness (QED) is 0.859. The van der Waals surface area contributed by atoms with Crippen molar-refractivity contribution in [2.75, 3.05) is 0 Å². The summed E-state index contributed by atoms with van der Waals surface area (Å²) in [6, 6.07) is 14.5. The van der Waals surface area contributed by atoms with Gasteiger partial charge in [-0.25, -0.2) is 0 Å². The summed E-state index contributed by atoms with van der Waals surface area (Å²) in [5, 5.41) is 4.18. The average molecular weight is 325 g/mol. The first kappa shape index (κ1) is 13.6. The topological polar surface area (TPSA) is 12.0 Å². The molecule has 0 saturated carbocycles. The van der Waals surface area contributed by atoms with Crippen LogP contribution in [0.3, 0.4) is 0 Å². The Morgan fingerprint density at radius 1 is 1.06 bits per heavy atom. The lowest BCUT2D eigenvalue weighted by Crippen LogP contribution is -2.12. The van der Waals surface area contributed by atoms with Crippen molar-refractivity contribution in [1.82, 2.24) is 5.32 Å². The van der Waals surface area contributed by atoms with Gasteiger partial charge in [0.2, 0.25) is 0 Å². The third-order valence-electron chi connectivity index (χ3n) is 2.72. The molecule has 0 aromatic heterocycles. The average Bonchev–Trinajstić information content (AvgIpc) is 2.34. The van der Waals surface area contributed by atoms with E-state index in [2.05, 4.69) is 52.4 Å². The van der Waals surface area contributed by atoms with E-state index >= 15 is 0 Å². The number of hydrogen-bond donors (Lipinski definition) is 1. The van der Waals surface area contributed by atoms with Gasteiger partial charge in [-0.15, -0.1) is 0 Å². The molecule has 1 N–H and O–H groups in total. The molecule has 2 rings (SSSR count). The molecule has 0 spiro atoms. The zero-order chi connectivity index (χ0) is 13.0. The van der Waals surface area contributed by atoms with Gasteiger partial charge in [-0.2, -0.15) is 0 Å². The van der Waals surface area contributed by atoms with E-state index in [0.29, 0.717) is 0 Å². The Kier molecular flexibility index (Phi) is 4.81. The number of halogens is 2. The minimum Gasteiger partial charge on any atom is -0.309 e. The van der Waals surface area contributed by atoms with Crippen molar-refractivity contribution in [1.29, 1.82) is 0 Å². The van der Waals surface area contributed by atoms with Gasteiger partial charge in [0.25, 0.3) is 0 Å². The second kappa shape index (κ2) is 6.37. The Labute approximate surface area is 121 Å². The summed E-state index contributed by atoms with van der Waals surface area (Å²) >= 11 is 9.39. The molecule has 0 radical (unpaired) electrons. The van der Waals surface area contributed by atoms with Gasteiger partial charge in [0.05, 0.1) is 5.02 Å². The molecule has 1 nitrogen and oxygen atoms in total. The van der Waals surface area contributed by atoms with E-state index in [-0.39, 0.29) is 0 Å². The standard InChI is InChI=1S/C15H15BrClN/c1-11-3-2-4-12(7-11)9-18-10-13-5-6-15(17)14(16)8-13/h2-8,18H,9-10H2,1H3. The van der Waals surface area contributed by atoms with Crippen LogP contribution >= 0.6 is 27.5 Å². The van der Waals surface area contributed by atoms with E-state index in [9.17, 15) is 0 Å². The fourth-order valence-corrected chi connectivity index (χ4v) is 2.37. The van der Waals surface area contributed by atoms with Crippen molar-refractivity contribution in [2.45, 2.75) is 20.0 Å². The molecule has 0 fully saturated rings. The Hall–Kier alpha value is -0.830. The van der Waals surface area contributed by atoms with Crippen LogP contribution in [0.25, 0.3) is 0 Å². The third kappa shape index (κ3) is 3.84. The van der Waals surface area contributed by atoms with Crippen molar-refractivity contribution < 1.29 is 0 Å². The van der Waals surface area contributed by atoms with Gasteiger partial charge >= 0.3 is 0 Å². The molecule has 3 heteroatoms. The van der Waals surface area contributed by atoms with Crippen LogP contribution in [0.2, 0.25) is 5.02 Å². The first-order chi connectivity index (χ1) is 8.65. The molecule has 0 aliphatic carbocycles. The van der Waals surface area contributed by atoms with E-state index < -0.39 is 0 Å². The number of hydrogen-bond acceptors (Lipinski definition) is 1. The highest BCUT2D eigenvalue weighted by Gasteiger charge is 1.99. The van der Waals surface area contributed by atoms with E-state index in [1.807, 2.05) is 18.2 Å². The second-order valence-corrected chi connectivity index (χ2v) is 5.60. The molecule has 0 aliphatic rings. The first-order valence-electron chi connectivity index (χ1n) is 5.85. The van der Waals surface area contributed by atoms with E-state index in [0.717, 1.165) is 22.6 Å². The zero-order valence-electron chi connectivity index (χ0n) is 10.2. The van der Waals surface area contributed by atoms with Gasteiger partial charge in [-0.1, -0.05) is 47.5 Å².